The molecule has 0 N–H and O–H groups in total. The van der Waals surface area contributed by atoms with E-state index in [1.165, 1.54) is 19.6 Å². The molecular formula is C40H20N6S4. The smallest absolute Gasteiger partial charge is 0.209 e. The fourth-order valence-corrected chi connectivity index (χ4v) is 9.47. The van der Waals surface area contributed by atoms with Crippen LogP contribution in [0.25, 0.3) is 33.3 Å². The Morgan fingerprint density at radius 2 is 0.800 bits per heavy atom. The molecule has 10 heteroatoms. The number of benzene rings is 6. The molecule has 7 aromatic rings. The predicted molar refractivity (Wildman–Crippen MR) is 211 cm³/mol. The van der Waals surface area contributed by atoms with E-state index in [1.54, 1.807) is 23.5 Å². The second-order valence-electron chi connectivity index (χ2n) is 11.7. The zero-order chi connectivity index (χ0) is 33.3. The number of hydrogen-bond acceptors (Lipinski definition) is 10. The molecule has 0 radical (unpaired) electrons. The maximum Gasteiger partial charge on any atom is 0.209 e. The third kappa shape index (κ3) is 4.31. The normalized spacial score (nSPS) is 13.0. The van der Waals surface area contributed by atoms with Gasteiger partial charge in [0, 0.05) is 41.5 Å². The van der Waals surface area contributed by atoms with E-state index >= 15 is 0 Å². The van der Waals surface area contributed by atoms with Gasteiger partial charge in [-0.15, -0.1) is 0 Å². The van der Waals surface area contributed by atoms with E-state index in [-0.39, 0.29) is 11.6 Å². The number of aliphatic imine (C=N–C) groups is 2. The number of anilines is 6. The largest absolute Gasteiger partial charge is 0.308 e. The lowest BCUT2D eigenvalue weighted by Gasteiger charge is -2.37. The van der Waals surface area contributed by atoms with Gasteiger partial charge in [-0.1, -0.05) is 72.1 Å². The molecule has 3 aliphatic rings. The zero-order valence-corrected chi connectivity index (χ0v) is 29.1. The summed E-state index contributed by atoms with van der Waals surface area (Å²) in [5.41, 5.74) is 9.95. The van der Waals surface area contributed by atoms with Gasteiger partial charge in [-0.3, -0.25) is 0 Å². The zero-order valence-electron chi connectivity index (χ0n) is 25.9. The molecule has 234 valence electrons. The summed E-state index contributed by atoms with van der Waals surface area (Å²) in [4.78, 5) is 27.9. The third-order valence-corrected chi connectivity index (χ3v) is 11.6. The van der Waals surface area contributed by atoms with Crippen molar-refractivity contribution in [1.82, 2.24) is 9.97 Å². The van der Waals surface area contributed by atoms with Gasteiger partial charge in [0.25, 0.3) is 0 Å². The van der Waals surface area contributed by atoms with Gasteiger partial charge in [0.2, 0.25) is 11.6 Å². The van der Waals surface area contributed by atoms with Crippen LogP contribution in [0.2, 0.25) is 0 Å². The first kappa shape index (κ1) is 29.5. The molecule has 50 heavy (non-hydrogen) atoms. The monoisotopic (exact) mass is 712 g/mol. The van der Waals surface area contributed by atoms with E-state index in [1.807, 2.05) is 0 Å². The molecule has 1 aromatic heterocycles. The summed E-state index contributed by atoms with van der Waals surface area (Å²) in [7, 11) is 0. The van der Waals surface area contributed by atoms with Crippen molar-refractivity contribution in [3.05, 3.63) is 121 Å². The van der Waals surface area contributed by atoms with E-state index in [0.29, 0.717) is 11.4 Å². The molecule has 6 nitrogen and oxygen atoms in total. The van der Waals surface area contributed by atoms with Gasteiger partial charge in [0.15, 0.2) is 0 Å². The number of nitrogens with zero attached hydrogens (tertiary/aromatic N) is 6. The quantitative estimate of drug-likeness (QED) is 0.132. The van der Waals surface area contributed by atoms with Crippen LogP contribution in [0, 0.1) is 0 Å². The van der Waals surface area contributed by atoms with Crippen molar-refractivity contribution < 1.29 is 0 Å². The lowest BCUT2D eigenvalue weighted by atomic mass is 9.97. The summed E-state index contributed by atoms with van der Waals surface area (Å²) in [6.45, 7) is 0. The van der Waals surface area contributed by atoms with Crippen molar-refractivity contribution in [1.29, 1.82) is 0 Å². The first-order valence-corrected chi connectivity index (χ1v) is 18.2. The van der Waals surface area contributed by atoms with Crippen molar-refractivity contribution in [2.75, 3.05) is 9.80 Å². The third-order valence-electron chi connectivity index (χ3n) is 9.14. The van der Waals surface area contributed by atoms with E-state index < -0.39 is 0 Å². The van der Waals surface area contributed by atoms with Crippen LogP contribution in [0.4, 0.5) is 45.8 Å². The second-order valence-corrected chi connectivity index (χ2v) is 14.3. The van der Waals surface area contributed by atoms with Crippen molar-refractivity contribution in [3.8, 4) is 22.5 Å². The highest BCUT2D eigenvalue weighted by atomic mass is 32.2. The highest BCUT2D eigenvalue weighted by Crippen LogP contribution is 2.60. The summed E-state index contributed by atoms with van der Waals surface area (Å²) in [5, 5.41) is 6.99. The number of para-hydroxylation sites is 4. The Morgan fingerprint density at radius 3 is 1.16 bits per heavy atom. The predicted octanol–water partition coefficient (Wildman–Crippen LogP) is 12.6. The van der Waals surface area contributed by atoms with Gasteiger partial charge in [-0.2, -0.15) is 9.98 Å². The van der Waals surface area contributed by atoms with Gasteiger partial charge in [-0.25, -0.2) is 9.97 Å². The standard InChI is InChI=1S/C40H20N6S4/c47-21-41-39-40(42-22-48)44-38-24-18-20-30(46-27-11-3-7-15-33(27)50-34-16-8-4-12-28(34)46)36-29(19-17-23(35(24)36)37(38)43-39)45-25-9-1-5-13-31(25)49-32-14-6-2-10-26(32)45/h1-20H. The first-order valence-electron chi connectivity index (χ1n) is 15.7. The molecule has 0 spiro atoms. The summed E-state index contributed by atoms with van der Waals surface area (Å²) < 4.78 is 0. The Balaban J connectivity index is 1.35. The minimum Gasteiger partial charge on any atom is -0.308 e. The van der Waals surface area contributed by atoms with Crippen LogP contribution >= 0.6 is 48.0 Å². The Morgan fingerprint density at radius 1 is 0.440 bits per heavy atom. The molecule has 0 fully saturated rings. The Kier molecular flexibility index (Phi) is 6.82. The molecule has 10 rings (SSSR count). The summed E-state index contributed by atoms with van der Waals surface area (Å²) in [6, 6.07) is 43.1. The Hall–Kier alpha value is -5.44. The molecule has 0 amide bonds. The topological polar surface area (TPSA) is 57.0 Å². The van der Waals surface area contributed by atoms with Gasteiger partial charge >= 0.3 is 0 Å². The maximum atomic E-state index is 4.96. The first-order chi connectivity index (χ1) is 24.7. The Bertz CT molecular complexity index is 2440. The Labute approximate surface area is 306 Å². The van der Waals surface area contributed by atoms with Crippen LogP contribution in [0.15, 0.2) is 151 Å². The summed E-state index contributed by atoms with van der Waals surface area (Å²) >= 11 is 13.5. The highest BCUT2D eigenvalue weighted by Gasteiger charge is 2.35. The maximum absolute atomic E-state index is 4.96. The molecule has 2 aliphatic heterocycles. The number of hydrogen-bond donors (Lipinski definition) is 0. The minimum atomic E-state index is 0.258. The molecular weight excluding hydrogens is 693 g/mol. The van der Waals surface area contributed by atoms with E-state index in [9.17, 15) is 0 Å². The van der Waals surface area contributed by atoms with Crippen molar-refractivity contribution >= 4 is 115 Å². The van der Waals surface area contributed by atoms with Crippen LogP contribution in [0.5, 0.6) is 0 Å². The molecule has 0 saturated heterocycles. The molecule has 0 saturated carbocycles. The van der Waals surface area contributed by atoms with Crippen LogP contribution in [0.3, 0.4) is 0 Å². The average molecular weight is 713 g/mol. The minimum absolute atomic E-state index is 0.258. The van der Waals surface area contributed by atoms with Gasteiger partial charge < -0.3 is 9.80 Å². The van der Waals surface area contributed by atoms with E-state index in [0.717, 1.165) is 56.0 Å². The fourth-order valence-electron chi connectivity index (χ4n) is 7.19. The lowest BCUT2D eigenvalue weighted by Crippen LogP contribution is -2.18. The molecule has 1 aliphatic carbocycles. The van der Waals surface area contributed by atoms with Crippen molar-refractivity contribution in [2.24, 2.45) is 9.98 Å². The summed E-state index contributed by atoms with van der Waals surface area (Å²) in [6.07, 6.45) is 0. The van der Waals surface area contributed by atoms with E-state index in [4.69, 9.17) is 34.4 Å². The van der Waals surface area contributed by atoms with Crippen molar-refractivity contribution in [2.45, 2.75) is 19.6 Å². The van der Waals surface area contributed by atoms with E-state index in [2.05, 4.69) is 151 Å². The molecule has 0 atom stereocenters. The van der Waals surface area contributed by atoms with Gasteiger partial charge in [0.1, 0.15) is 0 Å². The fraction of sp³-hybridized carbons (Fsp3) is 0. The number of rotatable bonds is 4. The van der Waals surface area contributed by atoms with Crippen LogP contribution in [-0.2, 0) is 0 Å². The molecule has 0 unspecified atom stereocenters. The number of isothiocyanates is 2. The van der Waals surface area contributed by atoms with Crippen molar-refractivity contribution in [3.63, 3.8) is 0 Å². The number of thiocarbonyl (C=S) groups is 2. The lowest BCUT2D eigenvalue weighted by molar-refractivity contribution is 1.16. The van der Waals surface area contributed by atoms with Gasteiger partial charge in [0.05, 0.1) is 55.8 Å². The highest BCUT2D eigenvalue weighted by molar-refractivity contribution is 8.00. The van der Waals surface area contributed by atoms with Crippen LogP contribution < -0.4 is 9.80 Å². The van der Waals surface area contributed by atoms with Gasteiger partial charge in [-0.05, 0) is 97.2 Å². The molecule has 3 heterocycles. The average Bonchev–Trinajstić information content (AvgIpc) is 3.46. The second kappa shape index (κ2) is 11.6. The van der Waals surface area contributed by atoms with Crippen LogP contribution in [0.1, 0.15) is 0 Å². The molecule has 6 aromatic carbocycles. The SMILES string of the molecule is S=C=Nc1nc2c(nc1N=C=S)-c1ccc(N3c4ccccc4Sc4ccccc43)c3c(N4c5ccccc5Sc5ccccc54)ccc-2c13. The number of fused-ring (bicyclic) bond motifs is 7. The molecule has 0 bridgehead atoms. The number of aromatic nitrogens is 2. The summed E-state index contributed by atoms with van der Waals surface area (Å²) in [5.74, 6) is 0.515. The van der Waals surface area contributed by atoms with Crippen LogP contribution in [-0.4, -0.2) is 20.3 Å².